The fourth-order valence-electron chi connectivity index (χ4n) is 1.81. The predicted molar refractivity (Wildman–Crippen MR) is 67.3 cm³/mol. The second-order valence-corrected chi connectivity index (χ2v) is 4.12. The number of phenolic OH excluding ortho intramolecular Hbond substituents is 1. The van der Waals surface area contributed by atoms with Crippen LogP contribution in [0.15, 0.2) is 24.3 Å². The summed E-state index contributed by atoms with van der Waals surface area (Å²) >= 11 is 0. The van der Waals surface area contributed by atoms with Crippen LogP contribution in [0.4, 0.5) is 0 Å². The predicted octanol–water partition coefficient (Wildman–Crippen LogP) is 1.66. The second-order valence-electron chi connectivity index (χ2n) is 4.12. The number of hydrogen-bond acceptors (Lipinski definition) is 3. The lowest BCUT2D eigenvalue weighted by Gasteiger charge is -2.07. The molecular weight excluding hydrogens is 230 g/mol. The first-order valence-corrected chi connectivity index (χ1v) is 5.66. The van der Waals surface area contributed by atoms with Crippen LogP contribution >= 0.6 is 0 Å². The number of H-pyrrole nitrogens is 1. The Hall–Kier alpha value is -2.30. The van der Waals surface area contributed by atoms with Crippen LogP contribution in [0.1, 0.15) is 27.3 Å². The van der Waals surface area contributed by atoms with E-state index >= 15 is 0 Å². The maximum Gasteiger partial charge on any atom is 0.255 e. The van der Waals surface area contributed by atoms with Crippen molar-refractivity contribution in [1.82, 2.24) is 15.5 Å². The molecule has 0 spiro atoms. The summed E-state index contributed by atoms with van der Waals surface area (Å²) in [4.78, 5) is 12.0. The number of nitrogens with zero attached hydrogens (tertiary/aromatic N) is 1. The smallest absolute Gasteiger partial charge is 0.255 e. The summed E-state index contributed by atoms with van der Waals surface area (Å²) in [5.74, 6) is -0.0135. The number of carbonyl (C=O) groups is 1. The molecule has 1 aromatic carbocycles. The van der Waals surface area contributed by atoms with E-state index in [1.807, 2.05) is 6.07 Å². The van der Waals surface area contributed by atoms with Crippen LogP contribution in [0.2, 0.25) is 0 Å². The lowest BCUT2D eigenvalue weighted by molar-refractivity contribution is 0.0949. The summed E-state index contributed by atoms with van der Waals surface area (Å²) in [6.07, 6.45) is 0. The monoisotopic (exact) mass is 245 g/mol. The van der Waals surface area contributed by atoms with Crippen LogP contribution in [0.3, 0.4) is 0 Å². The van der Waals surface area contributed by atoms with E-state index in [-0.39, 0.29) is 18.2 Å². The Labute approximate surface area is 105 Å². The number of nitrogens with one attached hydrogen (secondary N) is 2. The van der Waals surface area contributed by atoms with Gasteiger partial charge in [0.1, 0.15) is 5.75 Å². The lowest BCUT2D eigenvalue weighted by atomic mass is 10.1. The zero-order valence-corrected chi connectivity index (χ0v) is 10.3. The molecule has 5 heteroatoms. The van der Waals surface area contributed by atoms with Gasteiger partial charge >= 0.3 is 0 Å². The summed E-state index contributed by atoms with van der Waals surface area (Å²) < 4.78 is 0. The number of aromatic nitrogens is 2. The molecule has 3 N–H and O–H groups in total. The number of carbonyl (C=O) groups excluding carboxylic acids is 1. The minimum atomic E-state index is -0.193. The van der Waals surface area contributed by atoms with Gasteiger partial charge in [0, 0.05) is 17.8 Å². The molecule has 0 aliphatic heterocycles. The molecule has 18 heavy (non-hydrogen) atoms. The highest BCUT2D eigenvalue weighted by Crippen LogP contribution is 2.15. The molecule has 1 amide bonds. The van der Waals surface area contributed by atoms with Crippen molar-refractivity contribution >= 4 is 5.91 Å². The van der Waals surface area contributed by atoms with Crippen molar-refractivity contribution in [2.24, 2.45) is 0 Å². The Morgan fingerprint density at radius 3 is 2.72 bits per heavy atom. The molecule has 2 aromatic rings. The molecule has 0 unspecified atom stereocenters. The van der Waals surface area contributed by atoms with Gasteiger partial charge in [-0.15, -0.1) is 0 Å². The third-order valence-electron chi connectivity index (χ3n) is 2.79. The van der Waals surface area contributed by atoms with Crippen LogP contribution in [-0.4, -0.2) is 21.2 Å². The summed E-state index contributed by atoms with van der Waals surface area (Å²) in [5, 5.41) is 19.1. The first-order chi connectivity index (χ1) is 8.59. The largest absolute Gasteiger partial charge is 0.508 e. The van der Waals surface area contributed by atoms with Crippen LogP contribution in [0.5, 0.6) is 5.75 Å². The minimum absolute atomic E-state index is 0.179. The Morgan fingerprint density at radius 1 is 1.39 bits per heavy atom. The zero-order valence-electron chi connectivity index (χ0n) is 10.3. The SMILES string of the molecule is Cc1n[nH]c(C)c1C(=O)NCc1ccccc1O. The first kappa shape index (κ1) is 12.2. The van der Waals surface area contributed by atoms with E-state index in [9.17, 15) is 9.90 Å². The number of phenols is 1. The molecule has 0 bridgehead atoms. The third-order valence-corrected chi connectivity index (χ3v) is 2.79. The molecule has 94 valence electrons. The number of rotatable bonds is 3. The molecule has 0 aliphatic carbocycles. The van der Waals surface area contributed by atoms with Gasteiger partial charge in [-0.2, -0.15) is 5.10 Å². The number of aryl methyl sites for hydroxylation is 2. The fourth-order valence-corrected chi connectivity index (χ4v) is 1.81. The lowest BCUT2D eigenvalue weighted by Crippen LogP contribution is -2.23. The van der Waals surface area contributed by atoms with E-state index in [2.05, 4.69) is 15.5 Å². The normalized spacial score (nSPS) is 10.3. The van der Waals surface area contributed by atoms with Crippen LogP contribution in [0.25, 0.3) is 0 Å². The molecule has 0 atom stereocenters. The molecule has 1 heterocycles. The van der Waals surface area contributed by atoms with E-state index in [0.29, 0.717) is 16.8 Å². The van der Waals surface area contributed by atoms with E-state index in [0.717, 1.165) is 5.69 Å². The average Bonchev–Trinajstić information content (AvgIpc) is 2.68. The number of hydrogen-bond donors (Lipinski definition) is 3. The molecule has 0 saturated carbocycles. The van der Waals surface area contributed by atoms with E-state index < -0.39 is 0 Å². The quantitative estimate of drug-likeness (QED) is 0.769. The molecule has 0 fully saturated rings. The van der Waals surface area contributed by atoms with Crippen LogP contribution in [-0.2, 0) is 6.54 Å². The van der Waals surface area contributed by atoms with Crippen molar-refractivity contribution in [2.45, 2.75) is 20.4 Å². The van der Waals surface area contributed by atoms with Crippen molar-refractivity contribution in [3.63, 3.8) is 0 Å². The molecule has 0 aliphatic rings. The summed E-state index contributed by atoms with van der Waals surface area (Å²) in [6.45, 7) is 3.86. The number of amides is 1. The molecule has 0 radical (unpaired) electrons. The molecular formula is C13H15N3O2. The highest BCUT2D eigenvalue weighted by Gasteiger charge is 2.14. The third kappa shape index (κ3) is 2.34. The Kier molecular flexibility index (Phi) is 3.32. The second kappa shape index (κ2) is 4.91. The van der Waals surface area contributed by atoms with E-state index in [4.69, 9.17) is 0 Å². The minimum Gasteiger partial charge on any atom is -0.508 e. The first-order valence-electron chi connectivity index (χ1n) is 5.66. The van der Waals surface area contributed by atoms with Crippen molar-refractivity contribution < 1.29 is 9.90 Å². The number of para-hydroxylation sites is 1. The fraction of sp³-hybridized carbons (Fsp3) is 0.231. The summed E-state index contributed by atoms with van der Waals surface area (Å²) in [6, 6.07) is 6.92. The molecule has 1 aromatic heterocycles. The van der Waals surface area contributed by atoms with Crippen molar-refractivity contribution in [1.29, 1.82) is 0 Å². The van der Waals surface area contributed by atoms with Gasteiger partial charge in [0.05, 0.1) is 11.3 Å². The van der Waals surface area contributed by atoms with Gasteiger partial charge in [-0.05, 0) is 19.9 Å². The van der Waals surface area contributed by atoms with Crippen LogP contribution in [0, 0.1) is 13.8 Å². The standard InChI is InChI=1S/C13H15N3O2/c1-8-12(9(2)16-15-8)13(18)14-7-10-5-3-4-6-11(10)17/h3-6,17H,7H2,1-2H3,(H,14,18)(H,15,16). The van der Waals surface area contributed by atoms with Gasteiger partial charge < -0.3 is 10.4 Å². The topological polar surface area (TPSA) is 78.0 Å². The molecule has 0 saturated heterocycles. The summed E-state index contributed by atoms with van der Waals surface area (Å²) in [7, 11) is 0. The van der Waals surface area contributed by atoms with Crippen molar-refractivity contribution in [3.8, 4) is 5.75 Å². The van der Waals surface area contributed by atoms with Gasteiger partial charge in [0.15, 0.2) is 0 Å². The number of benzene rings is 1. The Bertz CT molecular complexity index is 556. The van der Waals surface area contributed by atoms with Gasteiger partial charge in [0.25, 0.3) is 5.91 Å². The highest BCUT2D eigenvalue weighted by molar-refractivity contribution is 5.96. The van der Waals surface area contributed by atoms with E-state index in [1.54, 1.807) is 32.0 Å². The highest BCUT2D eigenvalue weighted by atomic mass is 16.3. The summed E-state index contributed by atoms with van der Waals surface area (Å²) in [5.41, 5.74) is 2.65. The van der Waals surface area contributed by atoms with Gasteiger partial charge in [-0.1, -0.05) is 18.2 Å². The molecule has 2 rings (SSSR count). The van der Waals surface area contributed by atoms with Crippen LogP contribution < -0.4 is 5.32 Å². The Balaban J connectivity index is 2.08. The van der Waals surface area contributed by atoms with Gasteiger partial charge in [-0.25, -0.2) is 0 Å². The van der Waals surface area contributed by atoms with Crippen molar-refractivity contribution in [3.05, 3.63) is 46.8 Å². The zero-order chi connectivity index (χ0) is 13.1. The average molecular weight is 245 g/mol. The number of aromatic hydroxyl groups is 1. The maximum absolute atomic E-state index is 12.0. The molecule has 5 nitrogen and oxygen atoms in total. The van der Waals surface area contributed by atoms with E-state index in [1.165, 1.54) is 0 Å². The number of aromatic amines is 1. The van der Waals surface area contributed by atoms with Gasteiger partial charge in [-0.3, -0.25) is 9.89 Å². The maximum atomic E-state index is 12.0. The Morgan fingerprint density at radius 2 is 2.11 bits per heavy atom. The van der Waals surface area contributed by atoms with Gasteiger partial charge in [0.2, 0.25) is 0 Å². The van der Waals surface area contributed by atoms with Crippen molar-refractivity contribution in [2.75, 3.05) is 0 Å².